The van der Waals surface area contributed by atoms with E-state index >= 15 is 0 Å². The normalized spacial score (nSPS) is 17.2. The fraction of sp³-hybridized carbons (Fsp3) is 0.167. The summed E-state index contributed by atoms with van der Waals surface area (Å²) in [5.74, 6) is -2.48. The third-order valence-electron chi connectivity index (χ3n) is 6.78. The van der Waals surface area contributed by atoms with Gasteiger partial charge >= 0.3 is 0 Å². The van der Waals surface area contributed by atoms with E-state index in [0.717, 1.165) is 17.7 Å². The molecule has 2 aliphatic rings. The first-order chi connectivity index (χ1) is 19.5. The average Bonchev–Trinajstić information content (AvgIpc) is 3.00. The SMILES string of the molecule is O=C1c2c(OCc3ccccc3)c(=O)ccn2N2CN1C/C=C\COc1cc(F)c(F)cc1[C@H]2c1ccccn1. The molecule has 0 saturated heterocycles. The number of rotatable bonds is 4. The van der Waals surface area contributed by atoms with E-state index in [2.05, 4.69) is 4.98 Å². The molecule has 0 N–H and O–H groups in total. The summed E-state index contributed by atoms with van der Waals surface area (Å²) in [7, 11) is 0. The second-order valence-electron chi connectivity index (χ2n) is 9.33. The molecule has 0 aliphatic carbocycles. The topological polar surface area (TPSA) is 76.9 Å². The van der Waals surface area contributed by atoms with Gasteiger partial charge in [-0.3, -0.25) is 24.3 Å². The van der Waals surface area contributed by atoms with Crippen molar-refractivity contribution in [2.45, 2.75) is 12.6 Å². The van der Waals surface area contributed by atoms with Crippen molar-refractivity contribution in [1.29, 1.82) is 0 Å². The monoisotopic (exact) mass is 542 g/mol. The molecule has 0 saturated carbocycles. The fourth-order valence-corrected chi connectivity index (χ4v) is 4.89. The van der Waals surface area contributed by atoms with Crippen LogP contribution in [0, 0.1) is 11.6 Å². The van der Waals surface area contributed by atoms with E-state index in [-0.39, 0.29) is 43.6 Å². The van der Waals surface area contributed by atoms with Crippen LogP contribution in [0.4, 0.5) is 8.78 Å². The van der Waals surface area contributed by atoms with E-state index in [1.54, 1.807) is 46.5 Å². The van der Waals surface area contributed by atoms with Gasteiger partial charge < -0.3 is 14.4 Å². The Bertz CT molecular complexity index is 1640. The van der Waals surface area contributed by atoms with Crippen molar-refractivity contribution in [3.63, 3.8) is 0 Å². The number of carbonyl (C=O) groups is 1. The summed E-state index contributed by atoms with van der Waals surface area (Å²) in [6.45, 7) is 0.404. The van der Waals surface area contributed by atoms with E-state index in [0.29, 0.717) is 11.3 Å². The van der Waals surface area contributed by atoms with Gasteiger partial charge in [-0.15, -0.1) is 0 Å². The van der Waals surface area contributed by atoms with Crippen molar-refractivity contribution >= 4 is 5.91 Å². The summed E-state index contributed by atoms with van der Waals surface area (Å²) in [5, 5.41) is 1.76. The molecule has 0 fully saturated rings. The first-order valence-electron chi connectivity index (χ1n) is 12.7. The number of halogens is 2. The maximum Gasteiger partial charge on any atom is 0.278 e. The first kappa shape index (κ1) is 25.3. The van der Waals surface area contributed by atoms with E-state index < -0.39 is 29.0 Å². The van der Waals surface area contributed by atoms with Crippen LogP contribution in [-0.4, -0.2) is 40.3 Å². The number of carbonyl (C=O) groups excluding carboxylic acids is 1. The molecular weight excluding hydrogens is 518 g/mol. The van der Waals surface area contributed by atoms with E-state index in [9.17, 15) is 18.4 Å². The first-order valence-corrected chi connectivity index (χ1v) is 12.7. The number of amides is 1. The Balaban J connectivity index is 1.56. The Morgan fingerprint density at radius 3 is 2.58 bits per heavy atom. The Morgan fingerprint density at radius 2 is 1.77 bits per heavy atom. The predicted octanol–water partition coefficient (Wildman–Crippen LogP) is 4.19. The number of nitrogens with zero attached hydrogens (tertiary/aromatic N) is 4. The van der Waals surface area contributed by atoms with Crippen LogP contribution < -0.4 is 19.9 Å². The smallest absolute Gasteiger partial charge is 0.278 e. The van der Waals surface area contributed by atoms with Crippen LogP contribution in [0.3, 0.4) is 0 Å². The minimum absolute atomic E-state index is 0.0216. The molecule has 2 aromatic heterocycles. The van der Waals surface area contributed by atoms with E-state index in [1.807, 2.05) is 30.3 Å². The number of fused-ring (bicyclic) bond motifs is 5. The van der Waals surface area contributed by atoms with Crippen LogP contribution in [-0.2, 0) is 6.61 Å². The van der Waals surface area contributed by atoms with Gasteiger partial charge in [0.25, 0.3) is 5.91 Å². The van der Waals surface area contributed by atoms with Gasteiger partial charge in [0, 0.05) is 36.6 Å². The van der Waals surface area contributed by atoms with Gasteiger partial charge in [-0.05, 0) is 29.8 Å². The van der Waals surface area contributed by atoms with Gasteiger partial charge in [-0.1, -0.05) is 42.5 Å². The average molecular weight is 543 g/mol. The highest BCUT2D eigenvalue weighted by molar-refractivity contribution is 5.96. The van der Waals surface area contributed by atoms with Crippen molar-refractivity contribution in [2.24, 2.45) is 0 Å². The van der Waals surface area contributed by atoms with Crippen LogP contribution in [0.15, 0.2) is 96.1 Å². The standard InChI is InChI=1S/C30H24F2N4O4/c31-22-16-21-26(17-23(22)32)39-15-7-6-13-34-19-36(27(21)24-10-4-5-12-33-24)35-14-11-25(37)29(28(35)30(34)38)40-18-20-8-2-1-3-9-20/h1-12,14,16-17,27H,13,15,18-19H2/b7-6-/t27-/m0/s1. The molecule has 2 aromatic carbocycles. The van der Waals surface area contributed by atoms with Crippen LogP contribution in [0.25, 0.3) is 0 Å². The highest BCUT2D eigenvalue weighted by Crippen LogP contribution is 2.37. The summed E-state index contributed by atoms with van der Waals surface area (Å²) >= 11 is 0. The minimum Gasteiger partial charge on any atom is -0.489 e. The molecule has 4 heterocycles. The zero-order valence-electron chi connectivity index (χ0n) is 21.2. The number of pyridine rings is 2. The summed E-state index contributed by atoms with van der Waals surface area (Å²) in [6.07, 6.45) is 6.52. The maximum atomic E-state index is 14.7. The zero-order chi connectivity index (χ0) is 27.6. The van der Waals surface area contributed by atoms with Crippen LogP contribution in [0.1, 0.15) is 33.4 Å². The Hall–Kier alpha value is -4.99. The molecule has 2 bridgehead atoms. The molecule has 40 heavy (non-hydrogen) atoms. The van der Waals surface area contributed by atoms with Crippen molar-refractivity contribution < 1.29 is 23.0 Å². The van der Waals surface area contributed by atoms with Crippen molar-refractivity contribution in [3.05, 3.63) is 136 Å². The highest BCUT2D eigenvalue weighted by atomic mass is 19.2. The number of ether oxygens (including phenoxy) is 2. The molecule has 10 heteroatoms. The van der Waals surface area contributed by atoms with Crippen LogP contribution in [0.2, 0.25) is 0 Å². The number of hydrogen-bond donors (Lipinski definition) is 0. The van der Waals surface area contributed by atoms with E-state index in [4.69, 9.17) is 9.47 Å². The second kappa shape index (κ2) is 10.6. The molecule has 8 nitrogen and oxygen atoms in total. The van der Waals surface area contributed by atoms with E-state index in [1.165, 1.54) is 16.9 Å². The highest BCUT2D eigenvalue weighted by Gasteiger charge is 2.38. The second-order valence-corrected chi connectivity index (χ2v) is 9.33. The predicted molar refractivity (Wildman–Crippen MR) is 143 cm³/mol. The van der Waals surface area contributed by atoms with Gasteiger partial charge in [-0.25, -0.2) is 8.78 Å². The van der Waals surface area contributed by atoms with Crippen molar-refractivity contribution in [1.82, 2.24) is 14.6 Å². The molecule has 0 unspecified atom stereocenters. The number of hydrogen-bond acceptors (Lipinski definition) is 6. The van der Waals surface area contributed by atoms with Gasteiger partial charge in [0.05, 0.1) is 5.69 Å². The third-order valence-corrected chi connectivity index (χ3v) is 6.78. The third kappa shape index (κ3) is 4.68. The van der Waals surface area contributed by atoms with Crippen LogP contribution in [0.5, 0.6) is 11.5 Å². The molecule has 6 rings (SSSR count). The molecule has 0 spiro atoms. The lowest BCUT2D eigenvalue weighted by molar-refractivity contribution is 0.0697. The van der Waals surface area contributed by atoms with Crippen molar-refractivity contribution in [3.8, 4) is 11.5 Å². The lowest BCUT2D eigenvalue weighted by Crippen LogP contribution is -2.55. The zero-order valence-corrected chi connectivity index (χ0v) is 21.2. The van der Waals surface area contributed by atoms with Gasteiger partial charge in [-0.2, -0.15) is 0 Å². The number of benzene rings is 2. The van der Waals surface area contributed by atoms with Gasteiger partial charge in [0.15, 0.2) is 23.1 Å². The quantitative estimate of drug-likeness (QED) is 0.360. The summed E-state index contributed by atoms with van der Waals surface area (Å²) in [4.78, 5) is 33.0. The van der Waals surface area contributed by atoms with Crippen LogP contribution >= 0.6 is 0 Å². The number of aromatic nitrogens is 2. The summed E-state index contributed by atoms with van der Waals surface area (Å²) in [5.41, 5.74) is 1.19. The lowest BCUT2D eigenvalue weighted by Gasteiger charge is -2.43. The van der Waals surface area contributed by atoms with Gasteiger partial charge in [0.2, 0.25) is 5.43 Å². The Kier molecular flexibility index (Phi) is 6.73. The molecule has 2 aliphatic heterocycles. The lowest BCUT2D eigenvalue weighted by atomic mass is 10.0. The molecular formula is C30H24F2N4O4. The molecule has 202 valence electrons. The summed E-state index contributed by atoms with van der Waals surface area (Å²) in [6, 6.07) is 17.2. The minimum atomic E-state index is -1.05. The largest absolute Gasteiger partial charge is 0.489 e. The maximum absolute atomic E-state index is 14.7. The van der Waals surface area contributed by atoms with Gasteiger partial charge in [0.1, 0.15) is 31.7 Å². The molecule has 0 radical (unpaired) electrons. The molecule has 1 amide bonds. The molecule has 1 atom stereocenters. The Morgan fingerprint density at radius 1 is 0.975 bits per heavy atom. The molecule has 4 aromatic rings. The Labute approximate surface area is 228 Å². The summed E-state index contributed by atoms with van der Waals surface area (Å²) < 4.78 is 42.5. The van der Waals surface area contributed by atoms with Crippen molar-refractivity contribution in [2.75, 3.05) is 24.8 Å². The fourth-order valence-electron chi connectivity index (χ4n) is 4.89.